The van der Waals surface area contributed by atoms with Crippen molar-refractivity contribution in [3.05, 3.63) is 66.1 Å². The van der Waals surface area contributed by atoms with Crippen LogP contribution in [0.4, 0.5) is 10.1 Å². The van der Waals surface area contributed by atoms with Crippen LogP contribution in [0.15, 0.2) is 54.7 Å². The van der Waals surface area contributed by atoms with Gasteiger partial charge in [0.15, 0.2) is 5.75 Å². The Morgan fingerprint density at radius 2 is 2.04 bits per heavy atom. The Bertz CT molecular complexity index is 895. The molecular weight excluding hydrogens is 307 g/mol. The molecule has 0 fully saturated rings. The number of pyridine rings is 1. The standard InChI is InChI=1S/C19H17FN2O2/c1-2-11-22(15-7-3-6-14(20)12-15)19(24)16-9-8-13-5-4-10-21-17(13)18(16)23/h3-10,12,23H,2,11H2,1H3. The largest absolute Gasteiger partial charge is 0.505 e. The van der Waals surface area contributed by atoms with Gasteiger partial charge in [0.25, 0.3) is 5.91 Å². The zero-order valence-corrected chi connectivity index (χ0v) is 13.2. The van der Waals surface area contributed by atoms with Gasteiger partial charge in [-0.1, -0.05) is 25.1 Å². The van der Waals surface area contributed by atoms with E-state index in [1.165, 1.54) is 17.0 Å². The summed E-state index contributed by atoms with van der Waals surface area (Å²) in [6.07, 6.45) is 2.27. The highest BCUT2D eigenvalue weighted by molar-refractivity contribution is 6.10. The minimum Gasteiger partial charge on any atom is -0.505 e. The summed E-state index contributed by atoms with van der Waals surface area (Å²) in [6.45, 7) is 2.35. The summed E-state index contributed by atoms with van der Waals surface area (Å²) >= 11 is 0. The summed E-state index contributed by atoms with van der Waals surface area (Å²) in [7, 11) is 0. The predicted molar refractivity (Wildman–Crippen MR) is 91.8 cm³/mol. The molecule has 3 rings (SSSR count). The van der Waals surface area contributed by atoms with Crippen molar-refractivity contribution in [2.45, 2.75) is 13.3 Å². The Balaban J connectivity index is 2.06. The van der Waals surface area contributed by atoms with Gasteiger partial charge in [0, 0.05) is 23.8 Å². The smallest absolute Gasteiger partial charge is 0.262 e. The second kappa shape index (κ2) is 6.66. The second-order valence-corrected chi connectivity index (χ2v) is 5.47. The Labute approximate surface area is 139 Å². The first-order chi connectivity index (χ1) is 11.6. The molecule has 1 aromatic heterocycles. The molecule has 0 aliphatic heterocycles. The van der Waals surface area contributed by atoms with Crippen LogP contribution in [0.5, 0.6) is 5.75 Å². The molecule has 1 N–H and O–H groups in total. The van der Waals surface area contributed by atoms with Crippen molar-refractivity contribution in [2.24, 2.45) is 0 Å². The van der Waals surface area contributed by atoms with Crippen molar-refractivity contribution in [3.63, 3.8) is 0 Å². The maximum absolute atomic E-state index is 13.5. The molecule has 2 aromatic carbocycles. The number of aromatic nitrogens is 1. The normalized spacial score (nSPS) is 10.8. The van der Waals surface area contributed by atoms with Crippen LogP contribution in [-0.2, 0) is 0 Å². The third-order valence-electron chi connectivity index (χ3n) is 3.79. The minimum atomic E-state index is -0.411. The number of amides is 1. The van der Waals surface area contributed by atoms with E-state index in [0.717, 1.165) is 5.39 Å². The van der Waals surface area contributed by atoms with Gasteiger partial charge in [-0.15, -0.1) is 0 Å². The molecule has 1 amide bonds. The van der Waals surface area contributed by atoms with E-state index in [4.69, 9.17) is 0 Å². The highest BCUT2D eigenvalue weighted by Gasteiger charge is 2.22. The van der Waals surface area contributed by atoms with Crippen molar-refractivity contribution in [2.75, 3.05) is 11.4 Å². The van der Waals surface area contributed by atoms with Crippen LogP contribution in [0.2, 0.25) is 0 Å². The average molecular weight is 324 g/mol. The van der Waals surface area contributed by atoms with Crippen molar-refractivity contribution in [1.82, 2.24) is 4.98 Å². The molecule has 0 saturated carbocycles. The first kappa shape index (κ1) is 15.9. The highest BCUT2D eigenvalue weighted by atomic mass is 19.1. The lowest BCUT2D eigenvalue weighted by molar-refractivity contribution is 0.0984. The molecule has 0 radical (unpaired) electrons. The molecule has 0 aliphatic rings. The fourth-order valence-electron chi connectivity index (χ4n) is 2.66. The Hall–Kier alpha value is -2.95. The lowest BCUT2D eigenvalue weighted by atomic mass is 10.1. The van der Waals surface area contributed by atoms with Gasteiger partial charge in [-0.2, -0.15) is 0 Å². The van der Waals surface area contributed by atoms with E-state index in [1.807, 2.05) is 13.0 Å². The van der Waals surface area contributed by atoms with E-state index in [0.29, 0.717) is 24.2 Å². The van der Waals surface area contributed by atoms with E-state index >= 15 is 0 Å². The van der Waals surface area contributed by atoms with Gasteiger partial charge in [-0.25, -0.2) is 4.39 Å². The number of carbonyl (C=O) groups is 1. The van der Waals surface area contributed by atoms with E-state index in [1.54, 1.807) is 36.5 Å². The molecule has 1 heterocycles. The number of phenolic OH excluding ortho intramolecular Hbond substituents is 1. The van der Waals surface area contributed by atoms with Gasteiger partial charge in [0.1, 0.15) is 11.3 Å². The molecule has 0 aliphatic carbocycles. The Kier molecular flexibility index (Phi) is 4.42. The van der Waals surface area contributed by atoms with Gasteiger partial charge < -0.3 is 10.0 Å². The number of phenols is 1. The van der Waals surface area contributed by atoms with E-state index in [9.17, 15) is 14.3 Å². The van der Waals surface area contributed by atoms with Gasteiger partial charge >= 0.3 is 0 Å². The summed E-state index contributed by atoms with van der Waals surface area (Å²) in [4.78, 5) is 18.5. The quantitative estimate of drug-likeness (QED) is 0.785. The minimum absolute atomic E-state index is 0.152. The molecule has 24 heavy (non-hydrogen) atoms. The highest BCUT2D eigenvalue weighted by Crippen LogP contribution is 2.29. The van der Waals surface area contributed by atoms with Gasteiger partial charge in [0.2, 0.25) is 0 Å². The molecule has 0 bridgehead atoms. The van der Waals surface area contributed by atoms with Crippen molar-refractivity contribution >= 4 is 22.5 Å². The number of rotatable bonds is 4. The average Bonchev–Trinajstić information content (AvgIpc) is 2.60. The van der Waals surface area contributed by atoms with Crippen molar-refractivity contribution in [1.29, 1.82) is 0 Å². The zero-order chi connectivity index (χ0) is 17.1. The number of hydrogen-bond acceptors (Lipinski definition) is 3. The number of carbonyl (C=O) groups excluding carboxylic acids is 1. The molecule has 4 nitrogen and oxygen atoms in total. The molecule has 122 valence electrons. The maximum atomic E-state index is 13.5. The summed E-state index contributed by atoms with van der Waals surface area (Å²) in [5.74, 6) is -0.950. The SMILES string of the molecule is CCCN(C(=O)c1ccc2cccnc2c1O)c1cccc(F)c1. The van der Waals surface area contributed by atoms with Gasteiger partial charge in [-0.3, -0.25) is 9.78 Å². The first-order valence-electron chi connectivity index (χ1n) is 7.76. The zero-order valence-electron chi connectivity index (χ0n) is 13.2. The first-order valence-corrected chi connectivity index (χ1v) is 7.76. The molecule has 0 atom stereocenters. The van der Waals surface area contributed by atoms with Gasteiger partial charge in [-0.05, 0) is 36.8 Å². The lowest BCUT2D eigenvalue weighted by Crippen LogP contribution is -2.31. The number of benzene rings is 2. The van der Waals surface area contributed by atoms with Crippen LogP contribution in [-0.4, -0.2) is 22.5 Å². The maximum Gasteiger partial charge on any atom is 0.262 e. The number of halogens is 1. The number of anilines is 1. The molecule has 0 unspecified atom stereocenters. The molecule has 3 aromatic rings. The fraction of sp³-hybridized carbons (Fsp3) is 0.158. The number of fused-ring (bicyclic) bond motifs is 1. The van der Waals surface area contributed by atoms with E-state index < -0.39 is 5.82 Å². The number of nitrogens with zero attached hydrogens (tertiary/aromatic N) is 2. The van der Waals surface area contributed by atoms with Crippen LogP contribution in [0.1, 0.15) is 23.7 Å². The third-order valence-corrected chi connectivity index (χ3v) is 3.79. The summed E-state index contributed by atoms with van der Waals surface area (Å²) < 4.78 is 13.5. The Morgan fingerprint density at radius 1 is 1.21 bits per heavy atom. The van der Waals surface area contributed by atoms with Crippen LogP contribution in [0.25, 0.3) is 10.9 Å². The van der Waals surface area contributed by atoms with E-state index in [-0.39, 0.29) is 17.2 Å². The lowest BCUT2D eigenvalue weighted by Gasteiger charge is -2.23. The van der Waals surface area contributed by atoms with Crippen LogP contribution < -0.4 is 4.90 Å². The molecule has 0 spiro atoms. The van der Waals surface area contributed by atoms with Crippen LogP contribution in [0.3, 0.4) is 0 Å². The summed E-state index contributed by atoms with van der Waals surface area (Å²) in [6, 6.07) is 12.8. The van der Waals surface area contributed by atoms with Crippen LogP contribution in [0, 0.1) is 5.82 Å². The Morgan fingerprint density at radius 3 is 2.79 bits per heavy atom. The third kappa shape index (κ3) is 2.93. The van der Waals surface area contributed by atoms with Crippen molar-refractivity contribution in [3.8, 4) is 5.75 Å². The molecule has 5 heteroatoms. The van der Waals surface area contributed by atoms with Gasteiger partial charge in [0.05, 0.1) is 5.56 Å². The van der Waals surface area contributed by atoms with E-state index in [2.05, 4.69) is 4.98 Å². The van der Waals surface area contributed by atoms with Crippen LogP contribution >= 0.6 is 0 Å². The number of hydrogen-bond donors (Lipinski definition) is 1. The summed E-state index contributed by atoms with van der Waals surface area (Å²) in [5, 5.41) is 11.2. The molecule has 0 saturated heterocycles. The monoisotopic (exact) mass is 324 g/mol. The topological polar surface area (TPSA) is 53.4 Å². The second-order valence-electron chi connectivity index (χ2n) is 5.47. The summed E-state index contributed by atoms with van der Waals surface area (Å²) in [5.41, 5.74) is 0.986. The number of aromatic hydroxyl groups is 1. The van der Waals surface area contributed by atoms with Crippen molar-refractivity contribution < 1.29 is 14.3 Å². The predicted octanol–water partition coefficient (Wildman–Crippen LogP) is 4.14. The fourth-order valence-corrected chi connectivity index (χ4v) is 2.66. The molecular formula is C19H17FN2O2.